The van der Waals surface area contributed by atoms with Crippen LogP contribution in [0, 0.1) is 5.92 Å². The van der Waals surface area contributed by atoms with Gasteiger partial charge in [0.25, 0.3) is 0 Å². The van der Waals surface area contributed by atoms with Gasteiger partial charge < -0.3 is 14.6 Å². The number of hydrogen-bond donors (Lipinski definition) is 1. The van der Waals surface area contributed by atoms with Gasteiger partial charge in [0.05, 0.1) is 24.4 Å². The fourth-order valence-corrected chi connectivity index (χ4v) is 4.37. The highest BCUT2D eigenvalue weighted by Crippen LogP contribution is 2.43. The van der Waals surface area contributed by atoms with Crippen molar-refractivity contribution in [2.75, 3.05) is 0 Å². The summed E-state index contributed by atoms with van der Waals surface area (Å²) in [6.45, 7) is 0. The van der Waals surface area contributed by atoms with E-state index in [4.69, 9.17) is 14.6 Å². The Balaban J connectivity index is 1.46. The van der Waals surface area contributed by atoms with Gasteiger partial charge in [-0.3, -0.25) is 4.79 Å². The average molecular weight is 322 g/mol. The molecule has 2 aliphatic heterocycles. The highest BCUT2D eigenvalue weighted by molar-refractivity contribution is 5.66. The average Bonchev–Trinajstić information content (AvgIpc) is 3.14. The highest BCUT2D eigenvalue weighted by Gasteiger charge is 2.49. The Morgan fingerprint density at radius 2 is 1.87 bits per heavy atom. The standard InChI is InChI=1S/C19H30O4/c20-18(21)11-7-2-1-6-10-15-16-12-13-17(23-16)19(15)22-14-8-4-3-5-9-14/h1,6,14-17,19H,2-5,7-13H2,(H,20,21)/b6-1-/t15-,16+,17-,19+/m1/s1. The van der Waals surface area contributed by atoms with Crippen LogP contribution in [-0.2, 0) is 14.3 Å². The van der Waals surface area contributed by atoms with E-state index in [1.807, 2.05) is 0 Å². The van der Waals surface area contributed by atoms with Gasteiger partial charge in [-0.1, -0.05) is 31.4 Å². The molecule has 3 fully saturated rings. The number of allylic oxidation sites excluding steroid dienone is 2. The predicted molar refractivity (Wildman–Crippen MR) is 88.4 cm³/mol. The van der Waals surface area contributed by atoms with E-state index in [2.05, 4.69) is 12.2 Å². The molecule has 0 amide bonds. The number of carboxylic acids is 1. The topological polar surface area (TPSA) is 55.8 Å². The second-order valence-electron chi connectivity index (χ2n) is 7.31. The lowest BCUT2D eigenvalue weighted by atomic mass is 9.83. The molecule has 0 radical (unpaired) electrons. The van der Waals surface area contributed by atoms with Crippen LogP contribution in [-0.4, -0.2) is 35.5 Å². The summed E-state index contributed by atoms with van der Waals surface area (Å²) in [5.41, 5.74) is 0. The molecule has 2 heterocycles. The van der Waals surface area contributed by atoms with E-state index in [-0.39, 0.29) is 12.5 Å². The summed E-state index contributed by atoms with van der Waals surface area (Å²) >= 11 is 0. The number of rotatable bonds is 8. The fraction of sp³-hybridized carbons (Fsp3) is 0.842. The van der Waals surface area contributed by atoms with E-state index in [1.54, 1.807) is 0 Å². The summed E-state index contributed by atoms with van der Waals surface area (Å²) in [6, 6.07) is 0. The van der Waals surface area contributed by atoms with Crippen molar-refractivity contribution < 1.29 is 19.4 Å². The summed E-state index contributed by atoms with van der Waals surface area (Å²) in [7, 11) is 0. The van der Waals surface area contributed by atoms with E-state index in [0.717, 1.165) is 25.7 Å². The van der Waals surface area contributed by atoms with Crippen molar-refractivity contribution in [1.82, 2.24) is 0 Å². The van der Waals surface area contributed by atoms with E-state index in [0.29, 0.717) is 24.2 Å². The molecule has 0 aromatic carbocycles. The third-order valence-electron chi connectivity index (χ3n) is 5.59. The van der Waals surface area contributed by atoms with Gasteiger partial charge in [0.15, 0.2) is 0 Å². The third-order valence-corrected chi connectivity index (χ3v) is 5.59. The minimum atomic E-state index is -0.708. The first-order valence-electron chi connectivity index (χ1n) is 9.42. The maximum Gasteiger partial charge on any atom is 0.303 e. The van der Waals surface area contributed by atoms with Gasteiger partial charge in [-0.05, 0) is 44.9 Å². The van der Waals surface area contributed by atoms with Gasteiger partial charge in [0.1, 0.15) is 0 Å². The molecule has 1 N–H and O–H groups in total. The summed E-state index contributed by atoms with van der Waals surface area (Å²) in [5.74, 6) is -0.216. The summed E-state index contributed by atoms with van der Waals surface area (Å²) in [4.78, 5) is 10.5. The lowest BCUT2D eigenvalue weighted by molar-refractivity contribution is -0.137. The van der Waals surface area contributed by atoms with Crippen LogP contribution in [0.1, 0.15) is 70.6 Å². The number of hydrogen-bond acceptors (Lipinski definition) is 3. The molecular formula is C19H30O4. The molecule has 130 valence electrons. The second-order valence-corrected chi connectivity index (χ2v) is 7.31. The summed E-state index contributed by atoms with van der Waals surface area (Å²) in [6.07, 6.45) is 17.3. The molecule has 3 rings (SSSR count). The van der Waals surface area contributed by atoms with Crippen LogP contribution in [0.15, 0.2) is 12.2 Å². The Kier molecular flexibility index (Phi) is 6.12. The third kappa shape index (κ3) is 4.57. The molecule has 0 aromatic rings. The van der Waals surface area contributed by atoms with Gasteiger partial charge in [0.2, 0.25) is 0 Å². The molecule has 0 unspecified atom stereocenters. The van der Waals surface area contributed by atoms with Crippen molar-refractivity contribution in [1.29, 1.82) is 0 Å². The van der Waals surface area contributed by atoms with E-state index in [9.17, 15) is 4.79 Å². The molecular weight excluding hydrogens is 292 g/mol. The van der Waals surface area contributed by atoms with Crippen LogP contribution >= 0.6 is 0 Å². The summed E-state index contributed by atoms with van der Waals surface area (Å²) in [5, 5.41) is 8.65. The molecule has 23 heavy (non-hydrogen) atoms. The molecule has 1 saturated carbocycles. The Morgan fingerprint density at radius 3 is 2.65 bits per heavy atom. The normalized spacial score (nSPS) is 34.4. The second kappa shape index (κ2) is 8.29. The molecule has 4 heteroatoms. The van der Waals surface area contributed by atoms with E-state index < -0.39 is 5.97 Å². The zero-order valence-electron chi connectivity index (χ0n) is 14.0. The minimum Gasteiger partial charge on any atom is -0.481 e. The van der Waals surface area contributed by atoms with Crippen LogP contribution in [0.4, 0.5) is 0 Å². The predicted octanol–water partition coefficient (Wildman–Crippen LogP) is 4.08. The first-order valence-corrected chi connectivity index (χ1v) is 9.42. The van der Waals surface area contributed by atoms with Crippen LogP contribution in [0.2, 0.25) is 0 Å². The zero-order valence-corrected chi connectivity index (χ0v) is 14.0. The van der Waals surface area contributed by atoms with Crippen molar-refractivity contribution >= 4 is 5.97 Å². The Labute approximate surface area is 139 Å². The Hall–Kier alpha value is -0.870. The molecule has 4 nitrogen and oxygen atoms in total. The largest absolute Gasteiger partial charge is 0.481 e. The van der Waals surface area contributed by atoms with Crippen LogP contribution in [0.5, 0.6) is 0 Å². The van der Waals surface area contributed by atoms with Gasteiger partial charge >= 0.3 is 5.97 Å². The number of carboxylic acid groups (broad SMARTS) is 1. The summed E-state index contributed by atoms with van der Waals surface area (Å²) < 4.78 is 12.6. The van der Waals surface area contributed by atoms with Gasteiger partial charge in [-0.15, -0.1) is 0 Å². The van der Waals surface area contributed by atoms with E-state index >= 15 is 0 Å². The van der Waals surface area contributed by atoms with Gasteiger partial charge in [0, 0.05) is 12.3 Å². The molecule has 0 aromatic heterocycles. The number of fused-ring (bicyclic) bond motifs is 2. The smallest absolute Gasteiger partial charge is 0.303 e. The van der Waals surface area contributed by atoms with Crippen molar-refractivity contribution in [3.05, 3.63) is 12.2 Å². The maximum absolute atomic E-state index is 10.5. The lowest BCUT2D eigenvalue weighted by Crippen LogP contribution is -2.38. The minimum absolute atomic E-state index is 0.259. The fourth-order valence-electron chi connectivity index (χ4n) is 4.37. The number of aliphatic carboxylic acids is 1. The number of carbonyl (C=O) groups is 1. The molecule has 2 bridgehead atoms. The number of ether oxygens (including phenoxy) is 2. The zero-order chi connectivity index (χ0) is 16.1. The Morgan fingerprint density at radius 1 is 1.09 bits per heavy atom. The quantitative estimate of drug-likeness (QED) is 0.540. The van der Waals surface area contributed by atoms with E-state index in [1.165, 1.54) is 38.5 Å². The first kappa shape index (κ1) is 17.0. The van der Waals surface area contributed by atoms with Crippen molar-refractivity contribution in [3.63, 3.8) is 0 Å². The van der Waals surface area contributed by atoms with Gasteiger partial charge in [-0.2, -0.15) is 0 Å². The molecule has 4 atom stereocenters. The van der Waals surface area contributed by atoms with Crippen molar-refractivity contribution in [2.24, 2.45) is 5.92 Å². The first-order chi connectivity index (χ1) is 11.2. The van der Waals surface area contributed by atoms with Crippen LogP contribution < -0.4 is 0 Å². The van der Waals surface area contributed by atoms with Crippen LogP contribution in [0.25, 0.3) is 0 Å². The maximum atomic E-state index is 10.5. The SMILES string of the molecule is O=C(O)CCC/C=C\C[C@H]1[C@H](OC2CCCCC2)[C@H]2CC[C@@H]1O2. The molecule has 1 aliphatic carbocycles. The van der Waals surface area contributed by atoms with Crippen molar-refractivity contribution in [3.8, 4) is 0 Å². The monoisotopic (exact) mass is 322 g/mol. The van der Waals surface area contributed by atoms with Crippen molar-refractivity contribution in [2.45, 2.75) is 95.0 Å². The highest BCUT2D eigenvalue weighted by atomic mass is 16.6. The molecule has 3 aliphatic rings. The lowest BCUT2D eigenvalue weighted by Gasteiger charge is -2.32. The number of unbranched alkanes of at least 4 members (excludes halogenated alkanes) is 1. The van der Waals surface area contributed by atoms with Gasteiger partial charge in [-0.25, -0.2) is 0 Å². The molecule has 2 saturated heterocycles. The van der Waals surface area contributed by atoms with Crippen LogP contribution in [0.3, 0.4) is 0 Å². The molecule has 0 spiro atoms. The Bertz CT molecular complexity index is 414.